The van der Waals surface area contributed by atoms with Crippen LogP contribution in [-0.4, -0.2) is 87.9 Å². The van der Waals surface area contributed by atoms with Gasteiger partial charge in [0.1, 0.15) is 17.4 Å². The fourth-order valence-electron chi connectivity index (χ4n) is 5.81. The van der Waals surface area contributed by atoms with Gasteiger partial charge >= 0.3 is 0 Å². The summed E-state index contributed by atoms with van der Waals surface area (Å²) in [6.07, 6.45) is 4.98. The topological polar surface area (TPSA) is 122 Å². The maximum atomic E-state index is 13.3. The molecule has 0 saturated carbocycles. The first-order valence-electron chi connectivity index (χ1n) is 11.7. The third-order valence-electron chi connectivity index (χ3n) is 7.08. The molecule has 2 bridgehead atoms. The Bertz CT molecular complexity index is 870. The number of carboxylic acid groups (broad SMARTS) is 1. The second-order valence-corrected chi connectivity index (χ2v) is 9.52. The minimum absolute atomic E-state index is 0.0201. The molecular formula is C23H33N3O7. The highest BCUT2D eigenvalue weighted by molar-refractivity contribution is 5.96. The van der Waals surface area contributed by atoms with Gasteiger partial charge in [-0.1, -0.05) is 5.16 Å². The maximum absolute atomic E-state index is 13.3. The summed E-state index contributed by atoms with van der Waals surface area (Å²) >= 11 is 0. The van der Waals surface area contributed by atoms with Crippen LogP contribution in [0.3, 0.4) is 0 Å². The molecule has 182 valence electrons. The highest BCUT2D eigenvalue weighted by Gasteiger charge is 2.53. The first kappa shape index (κ1) is 23.7. The number of ether oxygens (including phenoxy) is 2. The Kier molecular flexibility index (Phi) is 6.76. The molecule has 5 heterocycles. The summed E-state index contributed by atoms with van der Waals surface area (Å²) in [4.78, 5) is 39.1. The molecule has 4 aliphatic rings. The molecule has 10 heteroatoms. The van der Waals surface area contributed by atoms with E-state index in [0.717, 1.165) is 45.4 Å². The molecule has 1 N–H and O–H groups in total. The van der Waals surface area contributed by atoms with Gasteiger partial charge in [-0.3, -0.25) is 14.4 Å². The monoisotopic (exact) mass is 463 g/mol. The third-order valence-corrected chi connectivity index (χ3v) is 7.08. The Hall–Kier alpha value is -2.46. The minimum atomic E-state index is -0.833. The first-order chi connectivity index (χ1) is 15.7. The smallest absolute Gasteiger partial charge is 0.300 e. The van der Waals surface area contributed by atoms with Gasteiger partial charge in [-0.15, -0.1) is 0 Å². The Labute approximate surface area is 193 Å². The number of nitrogens with zero attached hydrogens (tertiary/aromatic N) is 3. The van der Waals surface area contributed by atoms with Crippen molar-refractivity contribution in [2.24, 2.45) is 0 Å². The number of aliphatic carboxylic acids is 1. The number of carbonyl (C=O) groups is 3. The van der Waals surface area contributed by atoms with E-state index in [1.807, 2.05) is 16.7 Å². The molecular weight excluding hydrogens is 430 g/mol. The van der Waals surface area contributed by atoms with E-state index in [9.17, 15) is 9.59 Å². The number of hydrogen-bond donors (Lipinski definition) is 1. The molecule has 5 rings (SSSR count). The van der Waals surface area contributed by atoms with E-state index in [1.165, 1.54) is 0 Å². The van der Waals surface area contributed by atoms with Crippen LogP contribution < -0.4 is 0 Å². The summed E-state index contributed by atoms with van der Waals surface area (Å²) in [6, 6.07) is 0.264. The summed E-state index contributed by atoms with van der Waals surface area (Å²) in [7, 11) is 0. The zero-order chi connectivity index (χ0) is 23.8. The van der Waals surface area contributed by atoms with Crippen LogP contribution in [0.15, 0.2) is 4.52 Å². The number of amides is 2. The molecule has 1 spiro atoms. The van der Waals surface area contributed by atoms with Gasteiger partial charge in [0, 0.05) is 38.7 Å². The van der Waals surface area contributed by atoms with E-state index in [-0.39, 0.29) is 35.6 Å². The predicted octanol–water partition coefficient (Wildman–Crippen LogP) is 1.93. The summed E-state index contributed by atoms with van der Waals surface area (Å²) in [5.41, 5.74) is 0.889. The van der Waals surface area contributed by atoms with Crippen molar-refractivity contribution in [3.63, 3.8) is 0 Å². The molecule has 4 aliphatic heterocycles. The van der Waals surface area contributed by atoms with Gasteiger partial charge in [0.15, 0.2) is 0 Å². The van der Waals surface area contributed by atoms with Crippen molar-refractivity contribution >= 4 is 17.8 Å². The molecule has 4 fully saturated rings. The molecule has 4 atom stereocenters. The zero-order valence-corrected chi connectivity index (χ0v) is 19.5. The van der Waals surface area contributed by atoms with Crippen LogP contribution in [0.2, 0.25) is 0 Å². The zero-order valence-electron chi connectivity index (χ0n) is 19.5. The van der Waals surface area contributed by atoms with Gasteiger partial charge in [0.2, 0.25) is 0 Å². The molecule has 0 aliphatic carbocycles. The largest absolute Gasteiger partial charge is 0.481 e. The summed E-state index contributed by atoms with van der Waals surface area (Å²) in [5.74, 6) is -0.132. The summed E-state index contributed by atoms with van der Waals surface area (Å²) < 4.78 is 17.1. The van der Waals surface area contributed by atoms with Gasteiger partial charge in [-0.25, -0.2) is 0 Å². The highest BCUT2D eigenvalue weighted by Crippen LogP contribution is 2.45. The molecule has 1 aromatic heterocycles. The number of fused-ring (bicyclic) bond motifs is 2. The lowest BCUT2D eigenvalue weighted by atomic mass is 9.83. The van der Waals surface area contributed by atoms with Gasteiger partial charge in [0.05, 0.1) is 17.9 Å². The van der Waals surface area contributed by atoms with Crippen LogP contribution in [0.4, 0.5) is 0 Å². The SMILES string of the molecule is CC(=O)O.Cc1noc(C)c1C(=O)N1[C@@H]2CC[C@H]1CC1(C2)CN(C(=O)[C@H]2CCCO2)CCO1. The lowest BCUT2D eigenvalue weighted by molar-refractivity contribution is -0.169. The standard InChI is InChI=1S/C21H29N3O5.C2H4O2/c1-13-18(14(2)29-22-13)20(26)24-15-5-6-16(24)11-21(10-15)12-23(7-9-28-21)19(25)17-4-3-8-27-17;1-2(3)4/h15-17H,3-12H2,1-2H3;1H3,(H,3,4)/t15-,16+,17-,21?;/m1./s1. The maximum Gasteiger partial charge on any atom is 0.300 e. The number of carbonyl (C=O) groups excluding carboxylic acids is 2. The summed E-state index contributed by atoms with van der Waals surface area (Å²) in [5, 5.41) is 11.4. The number of rotatable bonds is 2. The van der Waals surface area contributed by atoms with Crippen LogP contribution in [0.25, 0.3) is 0 Å². The molecule has 4 saturated heterocycles. The van der Waals surface area contributed by atoms with Crippen LogP contribution in [-0.2, 0) is 19.1 Å². The van der Waals surface area contributed by atoms with E-state index in [0.29, 0.717) is 43.3 Å². The normalized spacial score (nSPS) is 30.8. The average Bonchev–Trinajstić information content (AvgIpc) is 3.46. The molecule has 33 heavy (non-hydrogen) atoms. The minimum Gasteiger partial charge on any atom is -0.481 e. The lowest BCUT2D eigenvalue weighted by Crippen LogP contribution is -2.62. The first-order valence-corrected chi connectivity index (χ1v) is 11.7. The van der Waals surface area contributed by atoms with Crippen LogP contribution >= 0.6 is 0 Å². The van der Waals surface area contributed by atoms with Crippen molar-refractivity contribution in [1.29, 1.82) is 0 Å². The average molecular weight is 464 g/mol. The van der Waals surface area contributed by atoms with Gasteiger partial charge in [-0.05, 0) is 52.4 Å². The number of morpholine rings is 1. The van der Waals surface area contributed by atoms with Crippen molar-refractivity contribution in [2.45, 2.75) is 83.1 Å². The second kappa shape index (κ2) is 9.42. The van der Waals surface area contributed by atoms with E-state index in [1.54, 1.807) is 6.92 Å². The molecule has 0 radical (unpaired) electrons. The number of hydrogen-bond acceptors (Lipinski definition) is 7. The van der Waals surface area contributed by atoms with Crippen molar-refractivity contribution in [2.75, 3.05) is 26.3 Å². The number of aryl methyl sites for hydroxylation is 2. The van der Waals surface area contributed by atoms with Gasteiger partial charge in [-0.2, -0.15) is 0 Å². The Morgan fingerprint density at radius 1 is 1.09 bits per heavy atom. The molecule has 1 unspecified atom stereocenters. The molecule has 10 nitrogen and oxygen atoms in total. The fraction of sp³-hybridized carbons (Fsp3) is 0.739. The number of carboxylic acids is 1. The van der Waals surface area contributed by atoms with E-state index in [4.69, 9.17) is 23.9 Å². The molecule has 1 aromatic rings. The lowest BCUT2D eigenvalue weighted by Gasteiger charge is -2.50. The van der Waals surface area contributed by atoms with E-state index in [2.05, 4.69) is 5.16 Å². The predicted molar refractivity (Wildman–Crippen MR) is 116 cm³/mol. The van der Waals surface area contributed by atoms with Crippen molar-refractivity contribution < 1.29 is 33.5 Å². The van der Waals surface area contributed by atoms with Crippen molar-refractivity contribution in [1.82, 2.24) is 15.0 Å². The molecule has 2 amide bonds. The van der Waals surface area contributed by atoms with Crippen LogP contribution in [0, 0.1) is 13.8 Å². The highest BCUT2D eigenvalue weighted by atomic mass is 16.5. The van der Waals surface area contributed by atoms with Crippen molar-refractivity contribution in [3.05, 3.63) is 17.0 Å². The van der Waals surface area contributed by atoms with Crippen LogP contribution in [0.1, 0.15) is 67.3 Å². The Morgan fingerprint density at radius 3 is 2.30 bits per heavy atom. The Morgan fingerprint density at radius 2 is 1.76 bits per heavy atom. The van der Waals surface area contributed by atoms with Crippen molar-refractivity contribution in [3.8, 4) is 0 Å². The van der Waals surface area contributed by atoms with E-state index < -0.39 is 5.97 Å². The van der Waals surface area contributed by atoms with Crippen LogP contribution in [0.5, 0.6) is 0 Å². The summed E-state index contributed by atoms with van der Waals surface area (Å²) in [6.45, 7) is 7.14. The Balaban J connectivity index is 0.000000601. The fourth-order valence-corrected chi connectivity index (χ4v) is 5.81. The van der Waals surface area contributed by atoms with Gasteiger partial charge < -0.3 is 28.9 Å². The number of piperidine rings is 1. The molecule has 0 aromatic carbocycles. The number of aromatic nitrogens is 1. The van der Waals surface area contributed by atoms with E-state index >= 15 is 0 Å². The quantitative estimate of drug-likeness (QED) is 0.706. The third kappa shape index (κ3) is 4.77. The second-order valence-electron chi connectivity index (χ2n) is 9.52. The van der Waals surface area contributed by atoms with Gasteiger partial charge in [0.25, 0.3) is 17.8 Å².